The van der Waals surface area contributed by atoms with Crippen molar-refractivity contribution in [2.45, 2.75) is 24.6 Å². The van der Waals surface area contributed by atoms with Crippen LogP contribution in [0.5, 0.6) is 5.75 Å². The van der Waals surface area contributed by atoms with E-state index >= 15 is 0 Å². The molecule has 43 heavy (non-hydrogen) atoms. The molecule has 10 heteroatoms. The second-order valence-electron chi connectivity index (χ2n) is 10.1. The van der Waals surface area contributed by atoms with E-state index in [0.29, 0.717) is 34.2 Å². The molecule has 0 aliphatic carbocycles. The summed E-state index contributed by atoms with van der Waals surface area (Å²) in [5.74, 6) is -2.57. The summed E-state index contributed by atoms with van der Waals surface area (Å²) >= 11 is 0. The number of benzene rings is 4. The predicted molar refractivity (Wildman–Crippen MR) is 152 cm³/mol. The summed E-state index contributed by atoms with van der Waals surface area (Å²) in [6, 6.07) is 23.3. The highest BCUT2D eigenvalue weighted by Gasteiger charge is 2.38. The van der Waals surface area contributed by atoms with Gasteiger partial charge in [0, 0.05) is 6.54 Å². The summed E-state index contributed by atoms with van der Waals surface area (Å²) in [5.41, 5.74) is 7.68. The number of hydrogen-bond acceptors (Lipinski definition) is 5. The van der Waals surface area contributed by atoms with E-state index < -0.39 is 48.1 Å². The Labute approximate surface area is 245 Å². The summed E-state index contributed by atoms with van der Waals surface area (Å²) in [6.45, 7) is -0.294. The van der Waals surface area contributed by atoms with Gasteiger partial charge in [-0.3, -0.25) is 9.59 Å². The minimum atomic E-state index is -4.48. The molecule has 5 rings (SSSR count). The minimum absolute atomic E-state index is 0.150. The van der Waals surface area contributed by atoms with Crippen molar-refractivity contribution in [1.82, 2.24) is 4.90 Å². The first-order chi connectivity index (χ1) is 20.6. The first kappa shape index (κ1) is 29.5. The van der Waals surface area contributed by atoms with Gasteiger partial charge in [0.15, 0.2) is 0 Å². The van der Waals surface area contributed by atoms with Gasteiger partial charge in [-0.15, -0.1) is 0 Å². The molecule has 2 amide bonds. The molecular weight excluding hydrogens is 561 g/mol. The van der Waals surface area contributed by atoms with E-state index in [4.69, 9.17) is 10.5 Å². The van der Waals surface area contributed by atoms with Crippen molar-refractivity contribution >= 4 is 17.8 Å². The van der Waals surface area contributed by atoms with Crippen molar-refractivity contribution in [2.24, 2.45) is 5.73 Å². The van der Waals surface area contributed by atoms with Gasteiger partial charge in [-0.1, -0.05) is 66.7 Å². The van der Waals surface area contributed by atoms with Crippen LogP contribution in [-0.4, -0.2) is 40.9 Å². The highest BCUT2D eigenvalue weighted by atomic mass is 19.4. The zero-order valence-electron chi connectivity index (χ0n) is 22.8. The zero-order valence-corrected chi connectivity index (χ0v) is 22.8. The first-order valence-electron chi connectivity index (χ1n) is 13.5. The highest BCUT2D eigenvalue weighted by Crippen LogP contribution is 2.36. The van der Waals surface area contributed by atoms with Crippen molar-refractivity contribution in [1.29, 1.82) is 0 Å². The quantitative estimate of drug-likeness (QED) is 0.226. The van der Waals surface area contributed by atoms with E-state index in [0.717, 1.165) is 12.1 Å². The highest BCUT2D eigenvalue weighted by molar-refractivity contribution is 5.98. The number of primary amides is 1. The number of esters is 1. The molecule has 3 N–H and O–H groups in total. The summed E-state index contributed by atoms with van der Waals surface area (Å²) in [6.07, 6.45) is -4.14. The lowest BCUT2D eigenvalue weighted by Gasteiger charge is -2.37. The fraction of sp³-hybridized carbons (Fsp3) is 0.182. The predicted octanol–water partition coefficient (Wildman–Crippen LogP) is 5.28. The van der Waals surface area contributed by atoms with Crippen molar-refractivity contribution in [3.63, 3.8) is 0 Å². The molecule has 0 radical (unpaired) electrons. The van der Waals surface area contributed by atoms with Crippen LogP contribution in [0.3, 0.4) is 0 Å². The molecule has 0 aromatic heterocycles. The molecule has 4 aromatic carbocycles. The van der Waals surface area contributed by atoms with Gasteiger partial charge in [-0.05, 0) is 64.6 Å². The number of nitrogens with two attached hydrogens (primary N) is 1. The van der Waals surface area contributed by atoms with E-state index in [1.54, 1.807) is 60.7 Å². The van der Waals surface area contributed by atoms with Gasteiger partial charge in [0.1, 0.15) is 11.8 Å². The summed E-state index contributed by atoms with van der Waals surface area (Å²) in [7, 11) is 0. The number of nitrogens with zero attached hydrogens (tertiary/aromatic N) is 1. The van der Waals surface area contributed by atoms with Crippen molar-refractivity contribution in [3.8, 4) is 16.9 Å². The van der Waals surface area contributed by atoms with Gasteiger partial charge in [0.2, 0.25) is 11.8 Å². The molecule has 1 aliphatic heterocycles. The number of hydrogen-bond donors (Lipinski definition) is 2. The van der Waals surface area contributed by atoms with E-state index in [1.165, 1.54) is 29.2 Å². The molecule has 1 aliphatic rings. The Morgan fingerprint density at radius 1 is 0.930 bits per heavy atom. The SMILES string of the molecule is NC(=O)C1c2ccc(OC(=O)c3ccccc3-c3ccc(C(F)(F)F)cc3)cc2CCN1C(=O)C(CO)c1ccccc1. The second-order valence-corrected chi connectivity index (χ2v) is 10.1. The van der Waals surface area contributed by atoms with Gasteiger partial charge in [0.25, 0.3) is 0 Å². The fourth-order valence-corrected chi connectivity index (χ4v) is 5.34. The number of rotatable bonds is 7. The maximum absolute atomic E-state index is 13.5. The van der Waals surface area contributed by atoms with Crippen LogP contribution in [-0.2, 0) is 22.2 Å². The van der Waals surface area contributed by atoms with Gasteiger partial charge < -0.3 is 20.5 Å². The largest absolute Gasteiger partial charge is 0.423 e. The van der Waals surface area contributed by atoms with Crippen molar-refractivity contribution in [2.75, 3.05) is 13.2 Å². The number of aliphatic hydroxyl groups is 1. The minimum Gasteiger partial charge on any atom is -0.423 e. The molecule has 2 unspecified atom stereocenters. The van der Waals surface area contributed by atoms with Crippen molar-refractivity contribution < 1.29 is 37.4 Å². The molecular formula is C33H27F3N2O5. The van der Waals surface area contributed by atoms with Crippen molar-refractivity contribution in [3.05, 3.63) is 125 Å². The molecule has 220 valence electrons. The lowest BCUT2D eigenvalue weighted by atomic mass is 9.89. The smallest absolute Gasteiger partial charge is 0.416 e. The zero-order chi connectivity index (χ0) is 30.7. The summed E-state index contributed by atoms with van der Waals surface area (Å²) in [5, 5.41) is 9.99. The van der Waals surface area contributed by atoms with Crippen LogP contribution < -0.4 is 10.5 Å². The molecule has 7 nitrogen and oxygen atoms in total. The van der Waals surface area contributed by atoms with Crippen LogP contribution in [0.1, 0.15) is 44.6 Å². The lowest BCUT2D eigenvalue weighted by Crippen LogP contribution is -2.48. The van der Waals surface area contributed by atoms with Crippen LogP contribution in [0, 0.1) is 0 Å². The molecule has 0 saturated carbocycles. The Hall–Kier alpha value is -4.96. The molecule has 2 atom stereocenters. The Kier molecular flexibility index (Phi) is 8.31. The standard InChI is InChI=1S/C33H27F3N2O5/c34-33(35,36)23-12-10-21(11-13-23)25-8-4-5-9-27(25)32(42)43-24-14-15-26-22(18-24)16-17-38(29(26)30(37)40)31(41)28(19-39)20-6-2-1-3-7-20/h1-15,18,28-29,39H,16-17,19H2,(H2,37,40). The summed E-state index contributed by atoms with van der Waals surface area (Å²) in [4.78, 5) is 40.6. The number of amides is 2. The van der Waals surface area contributed by atoms with Gasteiger partial charge >= 0.3 is 12.1 Å². The van der Waals surface area contributed by atoms with Crippen LogP contribution in [0.15, 0.2) is 97.1 Å². The van der Waals surface area contributed by atoms with E-state index in [9.17, 15) is 32.7 Å². The topological polar surface area (TPSA) is 110 Å². The van der Waals surface area contributed by atoms with Gasteiger partial charge in [0.05, 0.1) is 23.7 Å². The number of aliphatic hydroxyl groups excluding tert-OH is 1. The average Bonchev–Trinajstić information content (AvgIpc) is 3.00. The number of carbonyl (C=O) groups excluding carboxylic acids is 3. The molecule has 1 heterocycles. The van der Waals surface area contributed by atoms with Crippen LogP contribution in [0.4, 0.5) is 13.2 Å². The lowest BCUT2D eigenvalue weighted by molar-refractivity contribution is -0.142. The maximum Gasteiger partial charge on any atom is 0.416 e. The second kappa shape index (κ2) is 12.1. The Bertz CT molecular complexity index is 1660. The Morgan fingerprint density at radius 3 is 2.26 bits per heavy atom. The number of halogens is 3. The van der Waals surface area contributed by atoms with E-state index in [1.807, 2.05) is 0 Å². The molecule has 0 spiro atoms. The number of ether oxygens (including phenoxy) is 1. The normalized spacial score (nSPS) is 15.3. The Balaban J connectivity index is 1.38. The number of carbonyl (C=O) groups is 3. The third-order valence-corrected chi connectivity index (χ3v) is 7.46. The molecule has 0 bridgehead atoms. The monoisotopic (exact) mass is 588 g/mol. The summed E-state index contributed by atoms with van der Waals surface area (Å²) < 4.78 is 44.7. The molecule has 4 aromatic rings. The maximum atomic E-state index is 13.5. The van der Waals surface area contributed by atoms with Gasteiger partial charge in [-0.25, -0.2) is 4.79 Å². The third kappa shape index (κ3) is 6.14. The van der Waals surface area contributed by atoms with Crippen LogP contribution in [0.2, 0.25) is 0 Å². The van der Waals surface area contributed by atoms with Crippen LogP contribution in [0.25, 0.3) is 11.1 Å². The number of fused-ring (bicyclic) bond motifs is 1. The first-order valence-corrected chi connectivity index (χ1v) is 13.5. The van der Waals surface area contributed by atoms with E-state index in [-0.39, 0.29) is 17.9 Å². The van der Waals surface area contributed by atoms with Gasteiger partial charge in [-0.2, -0.15) is 13.2 Å². The van der Waals surface area contributed by atoms with Crippen LogP contribution >= 0.6 is 0 Å². The Morgan fingerprint density at radius 2 is 1.60 bits per heavy atom. The molecule has 0 fully saturated rings. The third-order valence-electron chi connectivity index (χ3n) is 7.46. The number of alkyl halides is 3. The molecule has 0 saturated heterocycles. The average molecular weight is 589 g/mol. The fourth-order valence-electron chi connectivity index (χ4n) is 5.34. The van der Waals surface area contributed by atoms with E-state index in [2.05, 4.69) is 0 Å².